The first-order chi connectivity index (χ1) is 14.4. The number of rotatable bonds is 13. The molecule has 0 aromatic heterocycles. The topological polar surface area (TPSA) is 0 Å². The van der Waals surface area contributed by atoms with Gasteiger partial charge in [0.1, 0.15) is 8.80 Å². The second-order valence-corrected chi connectivity index (χ2v) is 11.1. The summed E-state index contributed by atoms with van der Waals surface area (Å²) in [5, 5.41) is 3.20. The molecule has 1 heterocycles. The molecular weight excluding hydrogens is 364 g/mol. The van der Waals surface area contributed by atoms with Gasteiger partial charge in [0, 0.05) is 0 Å². The maximum Gasteiger partial charge on any atom is 0.126 e. The van der Waals surface area contributed by atoms with Crippen LogP contribution < -0.4 is 5.19 Å². The van der Waals surface area contributed by atoms with Crippen LogP contribution in [0, 0.1) is 0 Å². The lowest BCUT2D eigenvalue weighted by atomic mass is 10.0. The van der Waals surface area contributed by atoms with E-state index in [4.69, 9.17) is 0 Å². The van der Waals surface area contributed by atoms with E-state index in [0.717, 1.165) is 0 Å². The molecule has 3 rings (SSSR count). The summed E-state index contributed by atoms with van der Waals surface area (Å²) in [5.41, 5.74) is 5.60. The Hall–Kier alpha value is -1.86. The summed E-state index contributed by atoms with van der Waals surface area (Å²) in [7, 11) is -1.22. The largest absolute Gasteiger partial charge is 0.126 e. The van der Waals surface area contributed by atoms with Gasteiger partial charge in [-0.15, -0.1) is 0 Å². The van der Waals surface area contributed by atoms with E-state index in [1.165, 1.54) is 76.2 Å². The van der Waals surface area contributed by atoms with E-state index >= 15 is 0 Å². The zero-order valence-electron chi connectivity index (χ0n) is 18.3. The van der Waals surface area contributed by atoms with Crippen LogP contribution in [0.5, 0.6) is 0 Å². The van der Waals surface area contributed by atoms with Crippen molar-refractivity contribution in [2.45, 2.75) is 77.6 Å². The first kappa shape index (κ1) is 21.8. The first-order valence-electron chi connectivity index (χ1n) is 11.9. The van der Waals surface area contributed by atoms with Crippen LogP contribution >= 0.6 is 0 Å². The van der Waals surface area contributed by atoms with Crippen LogP contribution in [0.3, 0.4) is 0 Å². The van der Waals surface area contributed by atoms with Gasteiger partial charge in [0.2, 0.25) is 0 Å². The lowest BCUT2D eigenvalue weighted by molar-refractivity contribution is 0.557. The van der Waals surface area contributed by atoms with Crippen molar-refractivity contribution in [1.29, 1.82) is 0 Å². The van der Waals surface area contributed by atoms with Gasteiger partial charge >= 0.3 is 0 Å². The van der Waals surface area contributed by atoms with Gasteiger partial charge in [-0.25, -0.2) is 0 Å². The van der Waals surface area contributed by atoms with Gasteiger partial charge in [-0.2, -0.15) is 0 Å². The summed E-state index contributed by atoms with van der Waals surface area (Å²) < 4.78 is 0. The van der Waals surface area contributed by atoms with E-state index in [-0.39, 0.29) is 0 Å². The molecule has 1 heteroatoms. The van der Waals surface area contributed by atoms with Crippen molar-refractivity contribution in [1.82, 2.24) is 0 Å². The Labute approximate surface area is 180 Å². The molecule has 0 amide bonds. The molecule has 0 radical (unpaired) electrons. The molecule has 29 heavy (non-hydrogen) atoms. The Morgan fingerprint density at radius 1 is 0.621 bits per heavy atom. The number of hydrogen-bond acceptors (Lipinski definition) is 0. The third kappa shape index (κ3) is 6.85. The summed E-state index contributed by atoms with van der Waals surface area (Å²) >= 11 is 0. The smallest absolute Gasteiger partial charge is 0.0885 e. The van der Waals surface area contributed by atoms with Gasteiger partial charge in [-0.05, 0) is 29.2 Å². The third-order valence-electron chi connectivity index (χ3n) is 6.19. The number of allylic oxidation sites excluding steroid dienone is 2. The standard InChI is InChI=1S/C28H38Si/c1-2-3-4-5-6-7-8-9-10-13-20-26-23-24-29(27-21-16-12-17-22-27)28(26)25-18-14-11-15-19-25/h11-12,14-19,21-24,29H,2-10,13,20H2,1H3. The van der Waals surface area contributed by atoms with E-state index in [0.29, 0.717) is 0 Å². The van der Waals surface area contributed by atoms with Crippen molar-refractivity contribution < 1.29 is 0 Å². The average molecular weight is 403 g/mol. The fraction of sp³-hybridized carbons (Fsp3) is 0.429. The Balaban J connectivity index is 1.52. The first-order valence-corrected chi connectivity index (χ1v) is 13.7. The molecule has 1 atom stereocenters. The van der Waals surface area contributed by atoms with Crippen LogP contribution in [0.25, 0.3) is 5.20 Å². The van der Waals surface area contributed by atoms with Gasteiger partial charge in [-0.1, -0.05) is 142 Å². The lowest BCUT2D eigenvalue weighted by Crippen LogP contribution is -2.28. The van der Waals surface area contributed by atoms with E-state index in [1.54, 1.807) is 16.0 Å². The predicted molar refractivity (Wildman–Crippen MR) is 132 cm³/mol. The Morgan fingerprint density at radius 2 is 1.17 bits per heavy atom. The van der Waals surface area contributed by atoms with Gasteiger partial charge in [0.05, 0.1) is 0 Å². The number of benzene rings is 2. The van der Waals surface area contributed by atoms with Crippen LogP contribution in [0.1, 0.15) is 83.1 Å². The monoisotopic (exact) mass is 402 g/mol. The minimum absolute atomic E-state index is 1.22. The molecule has 0 N–H and O–H groups in total. The quantitative estimate of drug-likeness (QED) is 0.240. The molecule has 1 unspecified atom stereocenters. The summed E-state index contributed by atoms with van der Waals surface area (Å²) in [6.45, 7) is 2.29. The molecule has 2 aromatic rings. The van der Waals surface area contributed by atoms with Crippen LogP contribution in [-0.4, -0.2) is 8.80 Å². The molecule has 0 saturated carbocycles. The summed E-state index contributed by atoms with van der Waals surface area (Å²) in [6.07, 6.45) is 17.8. The van der Waals surface area contributed by atoms with Gasteiger partial charge in [-0.3, -0.25) is 0 Å². The van der Waals surface area contributed by atoms with E-state index in [2.05, 4.69) is 79.4 Å². The van der Waals surface area contributed by atoms with Gasteiger partial charge in [0.25, 0.3) is 0 Å². The fourth-order valence-corrected chi connectivity index (χ4v) is 7.54. The minimum Gasteiger partial charge on any atom is -0.0885 e. The molecule has 0 aliphatic carbocycles. The Bertz CT molecular complexity index is 757. The van der Waals surface area contributed by atoms with Crippen LogP contribution in [0.4, 0.5) is 0 Å². The average Bonchev–Trinajstić information content (AvgIpc) is 3.20. The number of unbranched alkanes of at least 4 members (excludes halogenated alkanes) is 9. The van der Waals surface area contributed by atoms with E-state index in [1.807, 2.05) is 0 Å². The second kappa shape index (κ2) is 12.6. The highest BCUT2D eigenvalue weighted by Crippen LogP contribution is 2.31. The van der Waals surface area contributed by atoms with Crippen molar-refractivity contribution in [3.05, 3.63) is 83.6 Å². The SMILES string of the molecule is CCCCCCCCCCCCC1=C(c2ccccc2)[SiH](c2ccccc2)C=C1. The predicted octanol–water partition coefficient (Wildman–Crippen LogP) is 7.53. The van der Waals surface area contributed by atoms with E-state index < -0.39 is 8.80 Å². The molecule has 154 valence electrons. The van der Waals surface area contributed by atoms with E-state index in [9.17, 15) is 0 Å². The van der Waals surface area contributed by atoms with Crippen molar-refractivity contribution in [3.63, 3.8) is 0 Å². The maximum absolute atomic E-state index is 2.54. The second-order valence-electron chi connectivity index (χ2n) is 8.48. The van der Waals surface area contributed by atoms with Gasteiger partial charge in [0.15, 0.2) is 0 Å². The zero-order chi connectivity index (χ0) is 20.2. The van der Waals surface area contributed by atoms with Crippen LogP contribution in [-0.2, 0) is 0 Å². The lowest BCUT2D eigenvalue weighted by Gasteiger charge is -2.16. The minimum atomic E-state index is -1.22. The molecule has 1 aliphatic heterocycles. The molecule has 0 spiro atoms. The summed E-state index contributed by atoms with van der Waals surface area (Å²) in [6, 6.07) is 22.3. The summed E-state index contributed by atoms with van der Waals surface area (Å²) in [4.78, 5) is 0. The molecule has 1 aliphatic rings. The van der Waals surface area contributed by atoms with Crippen LogP contribution in [0.2, 0.25) is 0 Å². The van der Waals surface area contributed by atoms with Crippen molar-refractivity contribution >= 4 is 19.2 Å². The highest BCUT2D eigenvalue weighted by Gasteiger charge is 2.24. The highest BCUT2D eigenvalue weighted by atomic mass is 28.3. The van der Waals surface area contributed by atoms with Crippen molar-refractivity contribution in [2.24, 2.45) is 0 Å². The van der Waals surface area contributed by atoms with Crippen molar-refractivity contribution in [2.75, 3.05) is 0 Å². The van der Waals surface area contributed by atoms with Crippen molar-refractivity contribution in [3.8, 4) is 0 Å². The van der Waals surface area contributed by atoms with Gasteiger partial charge < -0.3 is 0 Å². The molecule has 0 saturated heterocycles. The molecular formula is C28H38Si. The molecule has 0 nitrogen and oxygen atoms in total. The normalized spacial score (nSPS) is 16.0. The zero-order valence-corrected chi connectivity index (χ0v) is 19.4. The maximum atomic E-state index is 2.54. The van der Waals surface area contributed by atoms with Crippen LogP contribution in [0.15, 0.2) is 78.0 Å². The number of hydrogen-bond donors (Lipinski definition) is 0. The Kier molecular flexibility index (Phi) is 9.52. The fourth-order valence-electron chi connectivity index (χ4n) is 4.54. The highest BCUT2D eigenvalue weighted by molar-refractivity contribution is 6.94. The molecule has 0 fully saturated rings. The molecule has 2 aromatic carbocycles. The Morgan fingerprint density at radius 3 is 1.79 bits per heavy atom. The summed E-state index contributed by atoms with van der Waals surface area (Å²) in [5.74, 6) is 0. The third-order valence-corrected chi connectivity index (χ3v) is 9.20. The molecule has 0 bridgehead atoms.